The third kappa shape index (κ3) is 3.42. The van der Waals surface area contributed by atoms with Crippen LogP contribution in [0.15, 0.2) is 17.5 Å². The second-order valence-electron chi connectivity index (χ2n) is 5.46. The summed E-state index contributed by atoms with van der Waals surface area (Å²) in [5.74, 6) is -0.00322. The average Bonchev–Trinajstić information content (AvgIpc) is 2.99. The number of Topliss-reactive ketones (excluding diaryl/α,β-unsaturated/α-hetero) is 1. The summed E-state index contributed by atoms with van der Waals surface area (Å²) in [5, 5.41) is 1.92. The molecule has 1 aromatic heterocycles. The Kier molecular flexibility index (Phi) is 4.37. The average molecular weight is 280 g/mol. The van der Waals surface area contributed by atoms with Gasteiger partial charge in [-0.05, 0) is 44.3 Å². The maximum Gasteiger partial charge on any atom is 0.224 e. The minimum absolute atomic E-state index is 0.215. The van der Waals surface area contributed by atoms with Crippen molar-refractivity contribution in [3.05, 3.63) is 22.4 Å². The molecule has 1 atom stereocenters. The molecule has 0 bridgehead atoms. The second-order valence-corrected chi connectivity index (χ2v) is 6.40. The van der Waals surface area contributed by atoms with E-state index in [0.717, 1.165) is 37.4 Å². The molecule has 1 saturated heterocycles. The smallest absolute Gasteiger partial charge is 0.224 e. The maximum atomic E-state index is 11.8. The summed E-state index contributed by atoms with van der Waals surface area (Å²) in [6.45, 7) is 4.40. The van der Waals surface area contributed by atoms with E-state index in [9.17, 15) is 9.59 Å². The maximum absolute atomic E-state index is 11.8. The van der Waals surface area contributed by atoms with E-state index in [1.807, 2.05) is 24.4 Å². The van der Waals surface area contributed by atoms with Crippen LogP contribution < -0.4 is 5.73 Å². The van der Waals surface area contributed by atoms with Crippen molar-refractivity contribution < 1.29 is 9.59 Å². The molecule has 2 heterocycles. The SMILES string of the molecule is CC1(C(N)=O)CCN(CCCC(=O)c2cccs2)C1. The van der Waals surface area contributed by atoms with E-state index in [0.29, 0.717) is 6.42 Å². The summed E-state index contributed by atoms with van der Waals surface area (Å²) in [6, 6.07) is 3.77. The standard InChI is InChI=1S/C14H20N2O2S/c1-14(13(15)18)6-8-16(10-14)7-2-4-11(17)12-5-3-9-19-12/h3,5,9H,2,4,6-8,10H2,1H3,(H2,15,18). The Morgan fingerprint density at radius 3 is 2.89 bits per heavy atom. The van der Waals surface area contributed by atoms with Gasteiger partial charge in [-0.1, -0.05) is 6.07 Å². The van der Waals surface area contributed by atoms with Crippen LogP contribution >= 0.6 is 11.3 Å². The highest BCUT2D eigenvalue weighted by Crippen LogP contribution is 2.29. The quantitative estimate of drug-likeness (QED) is 0.810. The van der Waals surface area contributed by atoms with Gasteiger partial charge in [0.25, 0.3) is 0 Å². The Labute approximate surface area is 117 Å². The zero-order valence-corrected chi connectivity index (χ0v) is 12.0. The lowest BCUT2D eigenvalue weighted by Gasteiger charge is -2.20. The molecule has 2 rings (SSSR count). The molecule has 0 aromatic carbocycles. The zero-order chi connectivity index (χ0) is 13.9. The van der Waals surface area contributed by atoms with Gasteiger partial charge in [0.2, 0.25) is 5.91 Å². The second kappa shape index (κ2) is 5.84. The number of hydrogen-bond acceptors (Lipinski definition) is 4. The van der Waals surface area contributed by atoms with E-state index in [4.69, 9.17) is 5.73 Å². The third-order valence-corrected chi connectivity index (χ3v) is 4.73. The van der Waals surface area contributed by atoms with Crippen molar-refractivity contribution in [2.45, 2.75) is 26.2 Å². The third-order valence-electron chi connectivity index (χ3n) is 3.82. The van der Waals surface area contributed by atoms with Crippen molar-refractivity contribution >= 4 is 23.0 Å². The van der Waals surface area contributed by atoms with Gasteiger partial charge in [-0.25, -0.2) is 0 Å². The van der Waals surface area contributed by atoms with Crippen LogP contribution in [0.3, 0.4) is 0 Å². The van der Waals surface area contributed by atoms with Gasteiger partial charge in [0.1, 0.15) is 0 Å². The number of carbonyl (C=O) groups excluding carboxylic acids is 2. The molecule has 0 radical (unpaired) electrons. The Bertz CT molecular complexity index is 458. The molecule has 1 amide bonds. The van der Waals surface area contributed by atoms with E-state index in [1.165, 1.54) is 11.3 Å². The lowest BCUT2D eigenvalue weighted by molar-refractivity contribution is -0.126. The van der Waals surface area contributed by atoms with Crippen LogP contribution in [-0.2, 0) is 4.79 Å². The van der Waals surface area contributed by atoms with E-state index < -0.39 is 5.41 Å². The fourth-order valence-corrected chi connectivity index (χ4v) is 3.17. The summed E-state index contributed by atoms with van der Waals surface area (Å²) < 4.78 is 0. The highest BCUT2D eigenvalue weighted by atomic mass is 32.1. The number of primary amides is 1. The Hall–Kier alpha value is -1.20. The minimum Gasteiger partial charge on any atom is -0.369 e. The summed E-state index contributed by atoms with van der Waals surface area (Å²) >= 11 is 1.49. The first-order chi connectivity index (χ1) is 9.01. The van der Waals surface area contributed by atoms with Gasteiger partial charge < -0.3 is 10.6 Å². The predicted octanol–water partition coefficient (Wildman–Crippen LogP) is 1.91. The van der Waals surface area contributed by atoms with Crippen LogP contribution in [0.2, 0.25) is 0 Å². The number of hydrogen-bond donors (Lipinski definition) is 1. The monoisotopic (exact) mass is 280 g/mol. The van der Waals surface area contributed by atoms with E-state index >= 15 is 0 Å². The molecule has 0 spiro atoms. The first-order valence-electron chi connectivity index (χ1n) is 6.60. The number of carbonyl (C=O) groups is 2. The molecule has 1 aromatic rings. The van der Waals surface area contributed by atoms with Gasteiger partial charge in [-0.3, -0.25) is 9.59 Å². The Morgan fingerprint density at radius 1 is 1.53 bits per heavy atom. The van der Waals surface area contributed by atoms with Crippen molar-refractivity contribution in [2.75, 3.05) is 19.6 Å². The molecule has 104 valence electrons. The normalized spacial score (nSPS) is 23.6. The van der Waals surface area contributed by atoms with Crippen LogP contribution in [0, 0.1) is 5.41 Å². The summed E-state index contributed by atoms with van der Waals surface area (Å²) in [4.78, 5) is 26.2. The lowest BCUT2D eigenvalue weighted by Crippen LogP contribution is -2.37. The fraction of sp³-hybridized carbons (Fsp3) is 0.571. The number of ketones is 1. The van der Waals surface area contributed by atoms with E-state index in [2.05, 4.69) is 4.90 Å². The van der Waals surface area contributed by atoms with Crippen LogP contribution in [0.1, 0.15) is 35.9 Å². The highest BCUT2D eigenvalue weighted by Gasteiger charge is 2.38. The number of rotatable bonds is 6. The largest absolute Gasteiger partial charge is 0.369 e. The van der Waals surface area contributed by atoms with E-state index in [-0.39, 0.29) is 11.7 Å². The van der Waals surface area contributed by atoms with Gasteiger partial charge in [-0.15, -0.1) is 11.3 Å². The molecule has 0 aliphatic carbocycles. The minimum atomic E-state index is -0.391. The summed E-state index contributed by atoms with van der Waals surface area (Å²) in [6.07, 6.45) is 2.23. The fourth-order valence-electron chi connectivity index (χ4n) is 2.47. The first-order valence-corrected chi connectivity index (χ1v) is 7.48. The van der Waals surface area contributed by atoms with Gasteiger partial charge >= 0.3 is 0 Å². The number of thiophene rings is 1. The summed E-state index contributed by atoms with van der Waals surface area (Å²) in [7, 11) is 0. The molecule has 0 saturated carbocycles. The zero-order valence-electron chi connectivity index (χ0n) is 11.2. The molecule has 1 aliphatic rings. The highest BCUT2D eigenvalue weighted by molar-refractivity contribution is 7.12. The van der Waals surface area contributed by atoms with Crippen molar-refractivity contribution in [1.29, 1.82) is 0 Å². The van der Waals surface area contributed by atoms with E-state index in [1.54, 1.807) is 0 Å². The van der Waals surface area contributed by atoms with Gasteiger partial charge in [0.15, 0.2) is 5.78 Å². The van der Waals surface area contributed by atoms with Crippen molar-refractivity contribution in [2.24, 2.45) is 11.1 Å². The Balaban J connectivity index is 1.73. The number of nitrogens with two attached hydrogens (primary N) is 1. The summed E-state index contributed by atoms with van der Waals surface area (Å²) in [5.41, 5.74) is 5.03. The molecular formula is C14H20N2O2S. The first kappa shape index (κ1) is 14.2. The topological polar surface area (TPSA) is 63.4 Å². The van der Waals surface area contributed by atoms with Crippen molar-refractivity contribution in [3.8, 4) is 0 Å². The van der Waals surface area contributed by atoms with Crippen molar-refractivity contribution in [3.63, 3.8) is 0 Å². The number of nitrogens with zero attached hydrogens (tertiary/aromatic N) is 1. The molecule has 2 N–H and O–H groups in total. The van der Waals surface area contributed by atoms with Crippen LogP contribution in [0.4, 0.5) is 0 Å². The van der Waals surface area contributed by atoms with Gasteiger partial charge in [-0.2, -0.15) is 0 Å². The van der Waals surface area contributed by atoms with Gasteiger partial charge in [0.05, 0.1) is 10.3 Å². The molecular weight excluding hydrogens is 260 g/mol. The molecule has 1 fully saturated rings. The van der Waals surface area contributed by atoms with Crippen LogP contribution in [0.5, 0.6) is 0 Å². The molecule has 4 nitrogen and oxygen atoms in total. The lowest BCUT2D eigenvalue weighted by atomic mass is 9.89. The predicted molar refractivity (Wildman–Crippen MR) is 76.2 cm³/mol. The molecule has 1 aliphatic heterocycles. The molecule has 1 unspecified atom stereocenters. The number of amides is 1. The van der Waals surface area contributed by atoms with Crippen molar-refractivity contribution in [1.82, 2.24) is 4.90 Å². The van der Waals surface area contributed by atoms with Gasteiger partial charge in [0, 0.05) is 13.0 Å². The Morgan fingerprint density at radius 2 is 2.32 bits per heavy atom. The molecule has 19 heavy (non-hydrogen) atoms. The molecule has 5 heteroatoms. The van der Waals surface area contributed by atoms with Crippen LogP contribution in [-0.4, -0.2) is 36.2 Å². The van der Waals surface area contributed by atoms with Crippen LogP contribution in [0.25, 0.3) is 0 Å². The number of likely N-dealkylation sites (tertiary alicyclic amines) is 1.